The van der Waals surface area contributed by atoms with Gasteiger partial charge in [0, 0.05) is 29.9 Å². The molecule has 0 aromatic carbocycles. The summed E-state index contributed by atoms with van der Waals surface area (Å²) in [5, 5.41) is 3.31. The maximum Gasteiger partial charge on any atom is 1.00 e. The van der Waals surface area contributed by atoms with Crippen LogP contribution in [0.5, 0.6) is 0 Å². The van der Waals surface area contributed by atoms with Gasteiger partial charge in [0.25, 0.3) is 0 Å². The van der Waals surface area contributed by atoms with Gasteiger partial charge in [0.05, 0.1) is 0 Å². The molecule has 0 aliphatic heterocycles. The first-order chi connectivity index (χ1) is 14.1. The Labute approximate surface area is 281 Å². The van der Waals surface area contributed by atoms with Crippen molar-refractivity contribution in [2.45, 2.75) is 166 Å². The van der Waals surface area contributed by atoms with E-state index in [0.717, 1.165) is 18.5 Å². The zero-order chi connectivity index (χ0) is 27.2. The van der Waals surface area contributed by atoms with Crippen molar-refractivity contribution < 1.29 is 39.1 Å². The quantitative estimate of drug-likeness (QED) is 0.280. The zero-order valence-corrected chi connectivity index (χ0v) is 30.4. The Hall–Kier alpha value is 2.13. The van der Waals surface area contributed by atoms with Crippen LogP contribution in [0.25, 0.3) is 0 Å². The minimum Gasteiger partial charge on any atom is -0.480 e. The molecule has 0 aliphatic carbocycles. The molecule has 3 nitrogen and oxygen atoms in total. The summed E-state index contributed by atoms with van der Waals surface area (Å²) >= 11 is 5.67. The molecule has 0 aliphatic rings. The summed E-state index contributed by atoms with van der Waals surface area (Å²) in [7, 11) is 4.88. The number of nitrogens with zero attached hydrogens (tertiary/aromatic N) is 2. The normalized spacial score (nSPS) is 9.70. The van der Waals surface area contributed by atoms with E-state index in [2.05, 4.69) is 127 Å². The van der Waals surface area contributed by atoms with E-state index >= 15 is 0 Å². The molecule has 220 valence electrons. The van der Waals surface area contributed by atoms with E-state index < -0.39 is 7.38 Å². The molecule has 0 heterocycles. The Morgan fingerprint density at radius 2 is 1.00 bits per heavy atom. The second kappa shape index (κ2) is 42.6. The fourth-order valence-corrected chi connectivity index (χ4v) is 1.86. The Morgan fingerprint density at radius 1 is 0.811 bits per heavy atom. The van der Waals surface area contributed by atoms with Crippen LogP contribution in [0.3, 0.4) is 0 Å². The molecule has 37 heavy (non-hydrogen) atoms. The topological polar surface area (TPSA) is 18.5 Å². The van der Waals surface area contributed by atoms with E-state index in [1.807, 2.05) is 4.81 Å². The van der Waals surface area contributed by atoms with E-state index in [0.29, 0.717) is 32.1 Å². The Balaban J connectivity index is -0.0000000261. The number of hydrogen-bond donors (Lipinski definition) is 1. The minimum absolute atomic E-state index is 0. The first-order valence-electron chi connectivity index (χ1n) is 12.2. The van der Waals surface area contributed by atoms with Gasteiger partial charge >= 0.3 is 37.7 Å². The van der Waals surface area contributed by atoms with Crippen LogP contribution >= 0.6 is 24.6 Å². The molecule has 0 atom stereocenters. The molecule has 1 N–H and O–H groups in total. The van der Waals surface area contributed by atoms with Crippen molar-refractivity contribution in [2.75, 3.05) is 0 Å². The average molecular weight is 571 g/mol. The van der Waals surface area contributed by atoms with Crippen molar-refractivity contribution in [3.05, 3.63) is 6.92 Å². The van der Waals surface area contributed by atoms with Crippen LogP contribution in [0, 0.1) is 6.92 Å². The van der Waals surface area contributed by atoms with Crippen LogP contribution < -0.4 is 43.0 Å². The molecule has 0 saturated carbocycles. The average Bonchev–Trinajstić information content (AvgIpc) is 2.58. The van der Waals surface area contributed by atoms with E-state index in [-0.39, 0.29) is 68.5 Å². The van der Waals surface area contributed by atoms with Crippen LogP contribution in [-0.4, -0.2) is 77.6 Å². The monoisotopic (exact) mass is 571 g/mol. The molecule has 0 aromatic rings. The van der Waals surface area contributed by atoms with E-state index in [4.69, 9.17) is 19.1 Å². The van der Waals surface area contributed by atoms with Crippen LogP contribution in [-0.2, 0) is 0 Å². The standard InChI is InChI=1S/C6H17BN.C6H14BN.C6H15N.C4H9.C3H9ClSi.CH4.BH.2Li.H2S.H2/c2*1-5(2)8(7)6(3)4;1-5(2)7-6(3)4;1-3-4-2;1-5(2,3)4;;;;;;/h5-6H,1-4,7H3;5-6H,1-4H3;5-7H,1-4H3;1,3-4H2,2H3;1-3H3;1H4;1H;;;1H2;1H/q-1;;;-1;;;;2*+1;;/i;;;;;;;;;;1+1. The Kier molecular flexibility index (Phi) is 77.2. The number of halogens is 1. The number of rotatable bonds is 7. The number of unbranched alkanes of at least 4 members (excludes halogenated alkanes) is 1. The molecule has 0 spiro atoms. The summed E-state index contributed by atoms with van der Waals surface area (Å²) in [4.78, 5) is 4.42. The SMILES string of the molecule is C.CC(C)NC(C)C.C[Si](C)(C)Cl.S.[2HH].[BH3-]N(C(C)C)C(C)C.[BH].[B]N(C(C)C)C(C)C.[CH2-]CCC.[Li+].[Li+]. The summed E-state index contributed by atoms with van der Waals surface area (Å²) < 4.78 is 0. The van der Waals surface area contributed by atoms with Crippen LogP contribution in [0.15, 0.2) is 0 Å². The van der Waals surface area contributed by atoms with Crippen molar-refractivity contribution in [2.24, 2.45) is 0 Å². The molecule has 0 rings (SSSR count). The minimum atomic E-state index is -1.14. The largest absolute Gasteiger partial charge is 1.00 e. The molecule has 0 unspecified atom stereocenters. The molecule has 4 radical (unpaired) electrons. The van der Waals surface area contributed by atoms with Gasteiger partial charge in [-0.25, -0.2) is 0 Å². The molecule has 0 saturated heterocycles. The molecule has 0 bridgehead atoms. The number of hydrogen-bond acceptors (Lipinski definition) is 3. The Bertz CT molecular complexity index is 329. The summed E-state index contributed by atoms with van der Waals surface area (Å²) in [6, 6.07) is 3.73. The first-order valence-corrected chi connectivity index (χ1v) is 16.7. The van der Waals surface area contributed by atoms with Crippen molar-refractivity contribution in [3.63, 3.8) is 0 Å². The van der Waals surface area contributed by atoms with Gasteiger partial charge < -0.3 is 21.9 Å². The fourth-order valence-electron chi connectivity index (χ4n) is 1.86. The summed E-state index contributed by atoms with van der Waals surface area (Å²) in [6.07, 6.45) is 2.28. The van der Waals surface area contributed by atoms with E-state index in [1.54, 1.807) is 0 Å². The molecular formula is C26H73B3ClLi2N3SSi. The van der Waals surface area contributed by atoms with Gasteiger partial charge in [0.15, 0.2) is 7.98 Å². The third-order valence-electron chi connectivity index (χ3n) is 2.81. The number of nitrogens with one attached hydrogen (secondary N) is 1. The van der Waals surface area contributed by atoms with Gasteiger partial charge in [-0.15, -0.1) is 0 Å². The molecule has 0 fully saturated rings. The van der Waals surface area contributed by atoms with E-state index in [9.17, 15) is 0 Å². The van der Waals surface area contributed by atoms with Crippen LogP contribution in [0.2, 0.25) is 19.6 Å². The summed E-state index contributed by atoms with van der Waals surface area (Å²) in [6.45, 7) is 38.0. The smallest absolute Gasteiger partial charge is 0.480 e. The van der Waals surface area contributed by atoms with Gasteiger partial charge in [-0.3, -0.25) is 0 Å². The predicted octanol–water partition coefficient (Wildman–Crippen LogP) is 1.00. The fraction of sp³-hybridized carbons (Fsp3) is 0.962. The molecule has 11 heteroatoms. The molecule has 0 amide bonds. The Morgan fingerprint density at radius 3 is 1.00 bits per heavy atom. The van der Waals surface area contributed by atoms with Crippen LogP contribution in [0.4, 0.5) is 0 Å². The second-order valence-electron chi connectivity index (χ2n) is 10.4. The third-order valence-corrected chi connectivity index (χ3v) is 2.81. The maximum absolute atomic E-state index is 5.67. The molecule has 0 aromatic heterocycles. The van der Waals surface area contributed by atoms with Crippen molar-refractivity contribution in [1.29, 1.82) is 0 Å². The zero-order valence-electron chi connectivity index (χ0n) is 27.6. The predicted molar refractivity (Wildman–Crippen MR) is 189 cm³/mol. The van der Waals surface area contributed by atoms with Gasteiger partial charge in [-0.05, 0) is 24.2 Å². The van der Waals surface area contributed by atoms with Crippen molar-refractivity contribution in [3.8, 4) is 0 Å². The van der Waals surface area contributed by atoms with Gasteiger partial charge in [-0.2, -0.15) is 31.0 Å². The van der Waals surface area contributed by atoms with Gasteiger partial charge in [0.1, 0.15) is 7.38 Å². The first kappa shape index (κ1) is 67.0. The van der Waals surface area contributed by atoms with Gasteiger partial charge in [-0.1, -0.05) is 123 Å². The van der Waals surface area contributed by atoms with Crippen molar-refractivity contribution >= 4 is 56.3 Å². The van der Waals surface area contributed by atoms with Crippen LogP contribution in [0.1, 0.15) is 112 Å². The van der Waals surface area contributed by atoms with Gasteiger partial charge in [0.2, 0.25) is 0 Å². The maximum atomic E-state index is 5.67. The summed E-state index contributed by atoms with van der Waals surface area (Å²) in [5.74, 6) is 0. The summed E-state index contributed by atoms with van der Waals surface area (Å²) in [5.41, 5.74) is 0. The third kappa shape index (κ3) is 93.0. The van der Waals surface area contributed by atoms with E-state index in [1.165, 1.54) is 6.42 Å². The second-order valence-corrected chi connectivity index (χ2v) is 17.9. The van der Waals surface area contributed by atoms with Crippen molar-refractivity contribution in [1.82, 2.24) is 14.9 Å². The molecular weight excluding hydrogens is 496 g/mol.